The van der Waals surface area contributed by atoms with E-state index in [4.69, 9.17) is 4.98 Å². The number of quaternary nitrogens is 1. The van der Waals surface area contributed by atoms with Crippen LogP contribution >= 0.6 is 11.3 Å². The Morgan fingerprint density at radius 1 is 1.27 bits per heavy atom. The van der Waals surface area contributed by atoms with Crippen molar-refractivity contribution in [1.29, 1.82) is 0 Å². The van der Waals surface area contributed by atoms with Gasteiger partial charge in [-0.15, -0.1) is 11.3 Å². The first-order valence-corrected chi connectivity index (χ1v) is 9.99. The Labute approximate surface area is 157 Å². The molecule has 1 aliphatic rings. The number of anilines is 1. The van der Waals surface area contributed by atoms with Gasteiger partial charge in [0.1, 0.15) is 6.04 Å². The normalized spacial score (nSPS) is 19.8. The third-order valence-electron chi connectivity index (χ3n) is 5.14. The fourth-order valence-corrected chi connectivity index (χ4v) is 4.98. The van der Waals surface area contributed by atoms with Gasteiger partial charge >= 0.3 is 0 Å². The Kier molecular flexibility index (Phi) is 4.74. The molecule has 2 aromatic carbocycles. The molecule has 1 aliphatic heterocycles. The zero-order chi connectivity index (χ0) is 18.1. The molecule has 26 heavy (non-hydrogen) atoms. The molecule has 2 N–H and O–H groups in total. The predicted molar refractivity (Wildman–Crippen MR) is 107 cm³/mol. The highest BCUT2D eigenvalue weighted by Crippen LogP contribution is 2.28. The van der Waals surface area contributed by atoms with Crippen LogP contribution in [-0.2, 0) is 4.79 Å². The molecular weight excluding hydrogens is 342 g/mol. The van der Waals surface area contributed by atoms with Gasteiger partial charge in [-0.25, -0.2) is 4.98 Å². The summed E-state index contributed by atoms with van der Waals surface area (Å²) in [6.45, 7) is 5.62. The van der Waals surface area contributed by atoms with E-state index in [0.717, 1.165) is 41.2 Å². The lowest BCUT2D eigenvalue weighted by Crippen LogP contribution is -3.11. The quantitative estimate of drug-likeness (QED) is 0.744. The summed E-state index contributed by atoms with van der Waals surface area (Å²) in [6.07, 6.45) is 2.25. The molecule has 4 rings (SSSR count). The summed E-state index contributed by atoms with van der Waals surface area (Å²) < 4.78 is 1.23. The second-order valence-electron chi connectivity index (χ2n) is 7.17. The number of carbonyl (C=O) groups excluding carboxylic acids is 1. The highest BCUT2D eigenvalue weighted by molar-refractivity contribution is 7.18. The summed E-state index contributed by atoms with van der Waals surface area (Å²) in [5.74, 6) is 0.0833. The van der Waals surface area contributed by atoms with E-state index in [1.54, 1.807) is 11.3 Å². The fraction of sp³-hybridized carbons (Fsp3) is 0.333. The topological polar surface area (TPSA) is 46.4 Å². The van der Waals surface area contributed by atoms with Gasteiger partial charge < -0.3 is 10.2 Å². The van der Waals surface area contributed by atoms with Gasteiger partial charge in [0.25, 0.3) is 5.91 Å². The summed E-state index contributed by atoms with van der Waals surface area (Å²) in [5.41, 5.74) is 4.30. The maximum Gasteiger partial charge on any atom is 0.279 e. The number of carbonyl (C=O) groups is 1. The monoisotopic (exact) mass is 366 g/mol. The van der Waals surface area contributed by atoms with E-state index >= 15 is 0 Å². The van der Waals surface area contributed by atoms with Crippen molar-refractivity contribution in [2.75, 3.05) is 18.4 Å². The zero-order valence-electron chi connectivity index (χ0n) is 15.2. The average molecular weight is 367 g/mol. The van der Waals surface area contributed by atoms with Crippen LogP contribution in [0.3, 0.4) is 0 Å². The summed E-state index contributed by atoms with van der Waals surface area (Å²) in [7, 11) is 0. The number of nitrogens with zero attached hydrogens (tertiary/aromatic N) is 1. The molecule has 0 aliphatic carbocycles. The van der Waals surface area contributed by atoms with Crippen molar-refractivity contribution in [3.63, 3.8) is 0 Å². The molecule has 2 heterocycles. The number of aryl methyl sites for hydroxylation is 2. The number of rotatable bonds is 4. The summed E-state index contributed by atoms with van der Waals surface area (Å²) in [5, 5.41) is 4.25. The van der Waals surface area contributed by atoms with Crippen LogP contribution in [0.1, 0.15) is 35.0 Å². The van der Waals surface area contributed by atoms with Gasteiger partial charge in [-0.2, -0.15) is 0 Å². The van der Waals surface area contributed by atoms with E-state index in [2.05, 4.69) is 36.5 Å². The first kappa shape index (κ1) is 17.2. The Hall–Kier alpha value is -2.24. The minimum absolute atomic E-state index is 0.0833. The number of thiazole rings is 1. The van der Waals surface area contributed by atoms with Gasteiger partial charge in [0.2, 0.25) is 0 Å². The molecule has 1 amide bonds. The molecule has 5 heteroatoms. The van der Waals surface area contributed by atoms with Crippen molar-refractivity contribution in [2.45, 2.75) is 32.7 Å². The third kappa shape index (κ3) is 3.50. The minimum atomic E-state index is 0.0833. The number of hydrogen-bond donors (Lipinski definition) is 2. The van der Waals surface area contributed by atoms with Crippen LogP contribution in [0.2, 0.25) is 0 Å². The summed E-state index contributed by atoms with van der Waals surface area (Å²) >= 11 is 1.77. The third-order valence-corrected chi connectivity index (χ3v) is 6.29. The smallest absolute Gasteiger partial charge is 0.279 e. The van der Waals surface area contributed by atoms with Crippen molar-refractivity contribution in [1.82, 2.24) is 4.98 Å². The van der Waals surface area contributed by atoms with Crippen molar-refractivity contribution in [3.8, 4) is 0 Å². The van der Waals surface area contributed by atoms with Crippen LogP contribution in [0.4, 0.5) is 5.69 Å². The molecule has 1 unspecified atom stereocenters. The second-order valence-corrected chi connectivity index (χ2v) is 8.23. The lowest BCUT2D eigenvalue weighted by molar-refractivity contribution is -0.910. The number of hydrogen-bond acceptors (Lipinski definition) is 3. The number of amides is 1. The summed E-state index contributed by atoms with van der Waals surface area (Å²) in [4.78, 5) is 18.8. The van der Waals surface area contributed by atoms with Gasteiger partial charge in [-0.05, 0) is 37.6 Å². The number of nitrogens with one attached hydrogen (secondary N) is 2. The largest absolute Gasteiger partial charge is 0.321 e. The SMILES string of the molecule is Cc1ccc(NC(=O)C[NH+]2CCC[C@@H]2c2nc3ccccc3s2)c(C)c1. The van der Waals surface area contributed by atoms with Gasteiger partial charge in [-0.3, -0.25) is 4.79 Å². The number of benzene rings is 2. The summed E-state index contributed by atoms with van der Waals surface area (Å²) in [6, 6.07) is 14.7. The van der Waals surface area contributed by atoms with Gasteiger partial charge in [0, 0.05) is 18.5 Å². The van der Waals surface area contributed by atoms with E-state index in [9.17, 15) is 4.79 Å². The minimum Gasteiger partial charge on any atom is -0.321 e. The van der Waals surface area contributed by atoms with Crippen LogP contribution in [0.15, 0.2) is 42.5 Å². The predicted octanol–water partition coefficient (Wildman–Crippen LogP) is 3.27. The molecule has 2 atom stereocenters. The lowest BCUT2D eigenvalue weighted by Gasteiger charge is -2.19. The highest BCUT2D eigenvalue weighted by atomic mass is 32.1. The van der Waals surface area contributed by atoms with Crippen molar-refractivity contribution in [3.05, 3.63) is 58.6 Å². The maximum absolute atomic E-state index is 12.6. The molecule has 0 spiro atoms. The molecule has 0 saturated carbocycles. The molecular formula is C21H24N3OS+. The van der Waals surface area contributed by atoms with Crippen LogP contribution < -0.4 is 10.2 Å². The standard InChI is InChI=1S/C21H23N3OS/c1-14-9-10-16(15(2)12-14)22-20(25)13-24-11-5-7-18(24)21-23-17-6-3-4-8-19(17)26-21/h3-4,6,8-10,12,18H,5,7,11,13H2,1-2H3,(H,22,25)/p+1/t18-/m1/s1. The number of fused-ring (bicyclic) bond motifs is 1. The van der Waals surface area contributed by atoms with Crippen LogP contribution in [-0.4, -0.2) is 24.0 Å². The van der Waals surface area contributed by atoms with Gasteiger partial charge in [0.15, 0.2) is 11.6 Å². The molecule has 4 nitrogen and oxygen atoms in total. The molecule has 0 bridgehead atoms. The number of aromatic nitrogens is 1. The second kappa shape index (κ2) is 7.17. The first-order valence-electron chi connectivity index (χ1n) is 9.17. The van der Waals surface area contributed by atoms with E-state index in [1.807, 2.05) is 25.1 Å². The number of likely N-dealkylation sites (tertiary alicyclic amines) is 1. The van der Waals surface area contributed by atoms with E-state index in [0.29, 0.717) is 12.6 Å². The molecule has 0 radical (unpaired) electrons. The van der Waals surface area contributed by atoms with Crippen LogP contribution in [0.25, 0.3) is 10.2 Å². The van der Waals surface area contributed by atoms with Crippen molar-refractivity contribution < 1.29 is 9.69 Å². The zero-order valence-corrected chi connectivity index (χ0v) is 16.0. The first-order chi connectivity index (χ1) is 12.6. The Balaban J connectivity index is 1.47. The van der Waals surface area contributed by atoms with Gasteiger partial charge in [0.05, 0.1) is 16.8 Å². The van der Waals surface area contributed by atoms with Gasteiger partial charge in [-0.1, -0.05) is 29.8 Å². The molecule has 1 fully saturated rings. The molecule has 1 saturated heterocycles. The van der Waals surface area contributed by atoms with Crippen LogP contribution in [0.5, 0.6) is 0 Å². The van der Waals surface area contributed by atoms with Crippen molar-refractivity contribution >= 4 is 33.1 Å². The Bertz CT molecular complexity index is 916. The fourth-order valence-electron chi connectivity index (χ4n) is 3.81. The molecule has 3 aromatic rings. The highest BCUT2D eigenvalue weighted by Gasteiger charge is 2.34. The Morgan fingerprint density at radius 3 is 2.92 bits per heavy atom. The molecule has 1 aromatic heterocycles. The number of para-hydroxylation sites is 1. The molecule has 134 valence electrons. The van der Waals surface area contributed by atoms with E-state index in [1.165, 1.54) is 15.2 Å². The maximum atomic E-state index is 12.6. The van der Waals surface area contributed by atoms with E-state index in [-0.39, 0.29) is 5.91 Å². The van der Waals surface area contributed by atoms with Crippen LogP contribution in [0, 0.1) is 13.8 Å². The Morgan fingerprint density at radius 2 is 2.12 bits per heavy atom. The van der Waals surface area contributed by atoms with Crippen molar-refractivity contribution in [2.24, 2.45) is 0 Å². The van der Waals surface area contributed by atoms with E-state index < -0.39 is 0 Å². The lowest BCUT2D eigenvalue weighted by atomic mass is 10.1. The average Bonchev–Trinajstić information content (AvgIpc) is 3.23.